The third-order valence-electron chi connectivity index (χ3n) is 4.19. The van der Waals surface area contributed by atoms with Crippen LogP contribution in [0.1, 0.15) is 11.4 Å². The van der Waals surface area contributed by atoms with Crippen LogP contribution in [-0.2, 0) is 26.9 Å². The summed E-state index contributed by atoms with van der Waals surface area (Å²) in [6, 6.07) is 11.9. The first kappa shape index (κ1) is 20.8. The predicted molar refractivity (Wildman–Crippen MR) is 111 cm³/mol. The second-order valence-corrected chi connectivity index (χ2v) is 7.51. The summed E-state index contributed by atoms with van der Waals surface area (Å²) in [4.78, 5) is 1.88. The molecule has 0 aliphatic rings. The lowest BCUT2D eigenvalue weighted by Crippen LogP contribution is -2.23. The highest BCUT2D eigenvalue weighted by molar-refractivity contribution is 7.71. The number of halogens is 3. The van der Waals surface area contributed by atoms with E-state index in [1.807, 2.05) is 31.1 Å². The van der Waals surface area contributed by atoms with E-state index in [-0.39, 0.29) is 12.4 Å². The average molecular weight is 441 g/mol. The SMILES string of the molecule is CN(Cc1c(F)cccc1Cl)Cn1nc(COc2ccccc2Cl)n(C)c1=S. The van der Waals surface area contributed by atoms with Crippen LogP contribution >= 0.6 is 35.4 Å². The molecule has 0 spiro atoms. The Hall–Kier alpha value is -1.93. The molecule has 3 aromatic rings. The van der Waals surface area contributed by atoms with Crippen molar-refractivity contribution >= 4 is 35.4 Å². The number of aromatic nitrogens is 3. The predicted octanol–water partition coefficient (Wildman–Crippen LogP) is 5.07. The highest BCUT2D eigenvalue weighted by Crippen LogP contribution is 2.24. The molecule has 0 unspecified atom stereocenters. The largest absolute Gasteiger partial charge is 0.484 e. The molecule has 0 aliphatic carbocycles. The number of hydrogen-bond donors (Lipinski definition) is 0. The Morgan fingerprint density at radius 3 is 2.57 bits per heavy atom. The van der Waals surface area contributed by atoms with E-state index in [0.717, 1.165) is 0 Å². The summed E-state index contributed by atoms with van der Waals surface area (Å²) >= 11 is 17.7. The van der Waals surface area contributed by atoms with E-state index in [1.165, 1.54) is 6.07 Å². The molecule has 5 nitrogen and oxygen atoms in total. The fourth-order valence-corrected chi connectivity index (χ4v) is 3.30. The van der Waals surface area contributed by atoms with Gasteiger partial charge < -0.3 is 9.30 Å². The van der Waals surface area contributed by atoms with Crippen molar-refractivity contribution in [2.45, 2.75) is 19.8 Å². The van der Waals surface area contributed by atoms with E-state index >= 15 is 0 Å². The van der Waals surface area contributed by atoms with Crippen molar-refractivity contribution in [3.8, 4) is 5.75 Å². The Kier molecular flexibility index (Phi) is 6.72. The molecule has 0 N–H and O–H groups in total. The molecule has 0 saturated carbocycles. The van der Waals surface area contributed by atoms with Gasteiger partial charge in [-0.25, -0.2) is 9.07 Å². The van der Waals surface area contributed by atoms with Crippen molar-refractivity contribution in [2.24, 2.45) is 7.05 Å². The summed E-state index contributed by atoms with van der Waals surface area (Å²) in [5.74, 6) is 0.899. The lowest BCUT2D eigenvalue weighted by Gasteiger charge is -2.17. The minimum absolute atomic E-state index is 0.222. The molecule has 1 heterocycles. The summed E-state index contributed by atoms with van der Waals surface area (Å²) < 4.78 is 23.7. The molecule has 0 bridgehead atoms. The van der Waals surface area contributed by atoms with E-state index in [4.69, 9.17) is 40.2 Å². The lowest BCUT2D eigenvalue weighted by molar-refractivity contribution is 0.238. The first-order valence-electron chi connectivity index (χ1n) is 8.48. The Morgan fingerprint density at radius 2 is 1.86 bits per heavy atom. The maximum Gasteiger partial charge on any atom is 0.198 e. The van der Waals surface area contributed by atoms with Crippen molar-refractivity contribution in [1.29, 1.82) is 0 Å². The van der Waals surface area contributed by atoms with Gasteiger partial charge in [0, 0.05) is 24.2 Å². The van der Waals surface area contributed by atoms with Gasteiger partial charge in [0.2, 0.25) is 0 Å². The minimum Gasteiger partial charge on any atom is -0.484 e. The summed E-state index contributed by atoms with van der Waals surface area (Å²) in [7, 11) is 3.67. The molecule has 2 aromatic carbocycles. The Labute approximate surface area is 177 Å². The molecular formula is C19H19Cl2FN4OS. The van der Waals surface area contributed by atoms with Crippen LogP contribution in [0.4, 0.5) is 4.39 Å². The van der Waals surface area contributed by atoms with E-state index in [0.29, 0.717) is 45.2 Å². The molecule has 1 aromatic heterocycles. The zero-order chi connectivity index (χ0) is 20.3. The Balaban J connectivity index is 1.70. The zero-order valence-corrected chi connectivity index (χ0v) is 17.7. The van der Waals surface area contributed by atoms with Crippen molar-refractivity contribution in [3.63, 3.8) is 0 Å². The third kappa shape index (κ3) is 4.72. The fourth-order valence-electron chi connectivity index (χ4n) is 2.69. The summed E-state index contributed by atoms with van der Waals surface area (Å²) in [6.45, 7) is 0.929. The van der Waals surface area contributed by atoms with Crippen LogP contribution in [0, 0.1) is 10.6 Å². The van der Waals surface area contributed by atoms with Gasteiger partial charge in [-0.05, 0) is 43.5 Å². The fraction of sp³-hybridized carbons (Fsp3) is 0.263. The monoisotopic (exact) mass is 440 g/mol. The van der Waals surface area contributed by atoms with Gasteiger partial charge in [-0.3, -0.25) is 4.90 Å². The van der Waals surface area contributed by atoms with Crippen LogP contribution in [0.3, 0.4) is 0 Å². The van der Waals surface area contributed by atoms with Crippen molar-refractivity contribution in [1.82, 2.24) is 19.2 Å². The van der Waals surface area contributed by atoms with Gasteiger partial charge in [0.1, 0.15) is 18.2 Å². The van der Waals surface area contributed by atoms with Crippen LogP contribution < -0.4 is 4.74 Å². The quantitative estimate of drug-likeness (QED) is 0.480. The number of rotatable bonds is 7. The zero-order valence-electron chi connectivity index (χ0n) is 15.4. The number of ether oxygens (including phenoxy) is 1. The van der Waals surface area contributed by atoms with Crippen LogP contribution in [0.5, 0.6) is 5.75 Å². The second-order valence-electron chi connectivity index (χ2n) is 6.33. The van der Waals surface area contributed by atoms with Crippen molar-refractivity contribution < 1.29 is 9.13 Å². The maximum absolute atomic E-state index is 14.0. The molecule has 0 aliphatic heterocycles. The van der Waals surface area contributed by atoms with Gasteiger partial charge in [-0.2, -0.15) is 5.10 Å². The van der Waals surface area contributed by atoms with Gasteiger partial charge in [0.15, 0.2) is 10.6 Å². The molecule has 0 atom stereocenters. The Morgan fingerprint density at radius 1 is 1.14 bits per heavy atom. The van der Waals surface area contributed by atoms with E-state index in [1.54, 1.807) is 33.5 Å². The van der Waals surface area contributed by atoms with Gasteiger partial charge in [-0.1, -0.05) is 41.4 Å². The van der Waals surface area contributed by atoms with Gasteiger partial charge in [0.05, 0.1) is 11.7 Å². The number of nitrogens with zero attached hydrogens (tertiary/aromatic N) is 4. The molecule has 0 amide bonds. The van der Waals surface area contributed by atoms with Crippen LogP contribution in [-0.4, -0.2) is 26.3 Å². The molecule has 0 fully saturated rings. The summed E-state index contributed by atoms with van der Waals surface area (Å²) in [6.07, 6.45) is 0. The molecule has 9 heteroatoms. The molecular weight excluding hydrogens is 422 g/mol. The van der Waals surface area contributed by atoms with Crippen LogP contribution in [0.2, 0.25) is 10.0 Å². The van der Waals surface area contributed by atoms with Gasteiger partial charge in [0.25, 0.3) is 0 Å². The van der Waals surface area contributed by atoms with Crippen molar-refractivity contribution in [3.05, 3.63) is 74.5 Å². The highest BCUT2D eigenvalue weighted by Gasteiger charge is 2.14. The van der Waals surface area contributed by atoms with E-state index < -0.39 is 0 Å². The van der Waals surface area contributed by atoms with E-state index in [9.17, 15) is 4.39 Å². The standard InChI is InChI=1S/C19H19Cl2FN4OS/c1-24(10-13-14(20)7-5-8-16(13)22)12-26-19(28)25(2)18(23-26)11-27-17-9-4-3-6-15(17)21/h3-9H,10-12H2,1-2H3. The minimum atomic E-state index is -0.335. The maximum atomic E-state index is 14.0. The molecule has 148 valence electrons. The molecule has 0 saturated heterocycles. The van der Waals surface area contributed by atoms with Gasteiger partial charge >= 0.3 is 0 Å². The lowest BCUT2D eigenvalue weighted by atomic mass is 10.2. The normalized spacial score (nSPS) is 11.2. The molecule has 3 rings (SSSR count). The Bertz CT molecular complexity index is 1020. The first-order valence-corrected chi connectivity index (χ1v) is 9.64. The average Bonchev–Trinajstić information content (AvgIpc) is 2.92. The summed E-state index contributed by atoms with van der Waals surface area (Å²) in [5.41, 5.74) is 0.441. The number of benzene rings is 2. The first-order chi connectivity index (χ1) is 13.4. The molecule has 0 radical (unpaired) electrons. The smallest absolute Gasteiger partial charge is 0.198 e. The third-order valence-corrected chi connectivity index (χ3v) is 5.34. The van der Waals surface area contributed by atoms with Gasteiger partial charge in [-0.15, -0.1) is 0 Å². The number of para-hydroxylation sites is 1. The topological polar surface area (TPSA) is 35.2 Å². The van der Waals surface area contributed by atoms with Crippen LogP contribution in [0.25, 0.3) is 0 Å². The number of hydrogen-bond acceptors (Lipinski definition) is 4. The second kappa shape index (κ2) is 9.05. The molecule has 28 heavy (non-hydrogen) atoms. The van der Waals surface area contributed by atoms with E-state index in [2.05, 4.69) is 5.10 Å². The summed E-state index contributed by atoms with van der Waals surface area (Å²) in [5, 5.41) is 5.45. The van der Waals surface area contributed by atoms with Crippen molar-refractivity contribution in [2.75, 3.05) is 7.05 Å². The van der Waals surface area contributed by atoms with Crippen LogP contribution in [0.15, 0.2) is 42.5 Å². The highest BCUT2D eigenvalue weighted by atomic mass is 35.5.